The number of ketones is 1. The summed E-state index contributed by atoms with van der Waals surface area (Å²) < 4.78 is 25.6. The number of halogens is 2. The van der Waals surface area contributed by atoms with Gasteiger partial charge in [0.05, 0.1) is 5.92 Å². The third kappa shape index (κ3) is 1.80. The maximum atomic E-state index is 12.9. The van der Waals surface area contributed by atoms with E-state index >= 15 is 0 Å². The van der Waals surface area contributed by atoms with E-state index in [9.17, 15) is 18.4 Å². The number of aliphatic carboxylic acids is 1. The lowest BCUT2D eigenvalue weighted by atomic mass is 10.0. The average Bonchev–Trinajstić information content (AvgIpc) is 2.95. The van der Waals surface area contributed by atoms with Gasteiger partial charge in [-0.05, 0) is 24.6 Å². The molecule has 1 aliphatic rings. The van der Waals surface area contributed by atoms with Gasteiger partial charge in [-0.25, -0.2) is 8.78 Å². The minimum absolute atomic E-state index is 0.0140. The van der Waals surface area contributed by atoms with Crippen molar-refractivity contribution in [3.05, 3.63) is 35.4 Å². The Morgan fingerprint density at radius 3 is 2.47 bits per heavy atom. The summed E-state index contributed by atoms with van der Waals surface area (Å²) in [6.45, 7) is 0. The van der Waals surface area contributed by atoms with E-state index in [1.165, 1.54) is 0 Å². The molecule has 2 atom stereocenters. The maximum Gasteiger partial charge on any atom is 0.324 e. The van der Waals surface area contributed by atoms with Gasteiger partial charge in [0.2, 0.25) is 0 Å². The van der Waals surface area contributed by atoms with Crippen LogP contribution in [0.15, 0.2) is 18.2 Å². The number of carboxylic acid groups (broad SMARTS) is 1. The molecule has 1 saturated carbocycles. The summed E-state index contributed by atoms with van der Waals surface area (Å²) >= 11 is 0. The molecule has 2 rings (SSSR count). The van der Waals surface area contributed by atoms with Gasteiger partial charge >= 0.3 is 5.97 Å². The molecule has 1 aromatic rings. The highest BCUT2D eigenvalue weighted by atomic mass is 19.2. The fraction of sp³-hybridized carbons (Fsp3) is 0.273. The summed E-state index contributed by atoms with van der Waals surface area (Å²) in [7, 11) is 0. The van der Waals surface area contributed by atoms with Crippen LogP contribution in [0, 0.1) is 17.6 Å². The van der Waals surface area contributed by atoms with Crippen LogP contribution in [0.1, 0.15) is 16.8 Å². The summed E-state index contributed by atoms with van der Waals surface area (Å²) in [6.07, 6.45) is 0.0140. The van der Waals surface area contributed by atoms with E-state index in [2.05, 4.69) is 0 Å². The van der Waals surface area contributed by atoms with Crippen molar-refractivity contribution in [3.8, 4) is 0 Å². The monoisotopic (exact) mass is 241 g/mol. The number of hydrogen-bond acceptors (Lipinski definition) is 3. The van der Waals surface area contributed by atoms with Crippen LogP contribution in [0.5, 0.6) is 0 Å². The first kappa shape index (κ1) is 11.7. The Bertz CT molecular complexity index is 517. The Kier molecular flexibility index (Phi) is 2.46. The van der Waals surface area contributed by atoms with Crippen LogP contribution in [0.3, 0.4) is 0 Å². The zero-order chi connectivity index (χ0) is 12.8. The van der Waals surface area contributed by atoms with Crippen LogP contribution in [0.4, 0.5) is 8.78 Å². The summed E-state index contributed by atoms with van der Waals surface area (Å²) in [4.78, 5) is 22.5. The molecule has 3 N–H and O–H groups in total. The third-order valence-corrected chi connectivity index (χ3v) is 2.92. The van der Waals surface area contributed by atoms with E-state index in [0.717, 1.165) is 18.2 Å². The molecule has 6 heteroatoms. The fourth-order valence-corrected chi connectivity index (χ4v) is 1.69. The topological polar surface area (TPSA) is 80.4 Å². The summed E-state index contributed by atoms with van der Waals surface area (Å²) in [5.41, 5.74) is 3.82. The van der Waals surface area contributed by atoms with Gasteiger partial charge < -0.3 is 10.8 Å². The van der Waals surface area contributed by atoms with Crippen molar-refractivity contribution < 1.29 is 23.5 Å². The molecular weight excluding hydrogens is 232 g/mol. The van der Waals surface area contributed by atoms with Crippen LogP contribution in [0.2, 0.25) is 0 Å². The van der Waals surface area contributed by atoms with E-state index in [1.54, 1.807) is 0 Å². The Hall–Kier alpha value is -1.82. The van der Waals surface area contributed by atoms with Crippen molar-refractivity contribution in [1.29, 1.82) is 0 Å². The Balaban J connectivity index is 2.23. The highest BCUT2D eigenvalue weighted by Crippen LogP contribution is 2.43. The molecule has 2 unspecified atom stereocenters. The van der Waals surface area contributed by atoms with E-state index < -0.39 is 34.8 Å². The molecule has 0 bridgehead atoms. The molecule has 1 aromatic carbocycles. The highest BCUT2D eigenvalue weighted by Gasteiger charge is 2.61. The number of hydrogen-bond donors (Lipinski definition) is 2. The van der Waals surface area contributed by atoms with Crippen molar-refractivity contribution in [3.63, 3.8) is 0 Å². The van der Waals surface area contributed by atoms with Crippen LogP contribution in [-0.2, 0) is 4.79 Å². The van der Waals surface area contributed by atoms with E-state index in [-0.39, 0.29) is 12.0 Å². The Morgan fingerprint density at radius 2 is 2.00 bits per heavy atom. The molecular formula is C11H9F2NO3. The number of Topliss-reactive ketones (excluding diaryl/α,β-unsaturated/α-hetero) is 1. The minimum Gasteiger partial charge on any atom is -0.480 e. The van der Waals surface area contributed by atoms with E-state index in [1.807, 2.05) is 0 Å². The van der Waals surface area contributed by atoms with Gasteiger partial charge in [0.1, 0.15) is 5.54 Å². The second-order valence-corrected chi connectivity index (χ2v) is 4.10. The molecule has 17 heavy (non-hydrogen) atoms. The normalized spacial score (nSPS) is 26.6. The lowest BCUT2D eigenvalue weighted by Gasteiger charge is -2.05. The molecule has 1 aliphatic carbocycles. The molecule has 0 amide bonds. The smallest absolute Gasteiger partial charge is 0.324 e. The number of nitrogens with two attached hydrogens (primary N) is 1. The Labute approximate surface area is 95.0 Å². The molecule has 0 aromatic heterocycles. The predicted octanol–water partition coefficient (Wildman–Crippen LogP) is 0.949. The first-order valence-corrected chi connectivity index (χ1v) is 4.88. The molecule has 0 heterocycles. The third-order valence-electron chi connectivity index (χ3n) is 2.92. The van der Waals surface area contributed by atoms with Gasteiger partial charge in [0, 0.05) is 5.56 Å². The Morgan fingerprint density at radius 1 is 1.35 bits per heavy atom. The number of rotatable bonds is 3. The average molecular weight is 241 g/mol. The van der Waals surface area contributed by atoms with E-state index in [4.69, 9.17) is 10.8 Å². The molecule has 0 aliphatic heterocycles. The minimum atomic E-state index is -1.57. The van der Waals surface area contributed by atoms with Gasteiger partial charge in [0.25, 0.3) is 0 Å². The summed E-state index contributed by atoms with van der Waals surface area (Å²) in [6, 6.07) is 2.68. The van der Waals surface area contributed by atoms with Crippen molar-refractivity contribution >= 4 is 11.8 Å². The molecule has 90 valence electrons. The second kappa shape index (κ2) is 3.59. The fourth-order valence-electron chi connectivity index (χ4n) is 1.69. The molecule has 0 saturated heterocycles. The van der Waals surface area contributed by atoms with Crippen molar-refractivity contribution in [2.75, 3.05) is 0 Å². The quantitative estimate of drug-likeness (QED) is 0.772. The SMILES string of the molecule is NC1(C(=O)O)CC1C(=O)c1ccc(F)c(F)c1. The van der Waals surface area contributed by atoms with Crippen LogP contribution < -0.4 is 5.73 Å². The van der Waals surface area contributed by atoms with Crippen molar-refractivity contribution in [1.82, 2.24) is 0 Å². The predicted molar refractivity (Wildman–Crippen MR) is 53.3 cm³/mol. The largest absolute Gasteiger partial charge is 0.480 e. The van der Waals surface area contributed by atoms with Crippen molar-refractivity contribution in [2.24, 2.45) is 11.7 Å². The molecule has 4 nitrogen and oxygen atoms in total. The first-order chi connectivity index (χ1) is 7.86. The van der Waals surface area contributed by atoms with Crippen LogP contribution in [0.25, 0.3) is 0 Å². The van der Waals surface area contributed by atoms with Crippen molar-refractivity contribution in [2.45, 2.75) is 12.0 Å². The maximum absolute atomic E-state index is 12.9. The highest BCUT2D eigenvalue weighted by molar-refractivity contribution is 6.05. The van der Waals surface area contributed by atoms with Gasteiger partial charge in [-0.3, -0.25) is 9.59 Å². The molecule has 1 fully saturated rings. The molecule has 0 spiro atoms. The lowest BCUT2D eigenvalue weighted by Crippen LogP contribution is -2.36. The summed E-state index contributed by atoms with van der Waals surface area (Å²) in [5, 5.41) is 8.77. The van der Waals surface area contributed by atoms with E-state index in [0.29, 0.717) is 0 Å². The summed E-state index contributed by atoms with van der Waals surface area (Å²) in [5.74, 6) is -4.92. The standard InChI is InChI=1S/C11H9F2NO3/c12-7-2-1-5(3-8(7)13)9(15)6-4-11(6,14)10(16)17/h1-3,6H,4,14H2,(H,16,17). The zero-order valence-electron chi connectivity index (χ0n) is 8.61. The van der Waals surface area contributed by atoms with Gasteiger partial charge in [-0.1, -0.05) is 0 Å². The second-order valence-electron chi connectivity index (χ2n) is 4.10. The molecule has 0 radical (unpaired) electrons. The number of carbonyl (C=O) groups is 2. The number of carboxylic acids is 1. The van der Waals surface area contributed by atoms with Crippen LogP contribution >= 0.6 is 0 Å². The lowest BCUT2D eigenvalue weighted by molar-refractivity contribution is -0.139. The number of carbonyl (C=O) groups excluding carboxylic acids is 1. The number of benzene rings is 1. The van der Waals surface area contributed by atoms with Gasteiger partial charge in [0.15, 0.2) is 17.4 Å². The first-order valence-electron chi connectivity index (χ1n) is 4.88. The van der Waals surface area contributed by atoms with Gasteiger partial charge in [-0.2, -0.15) is 0 Å². The zero-order valence-corrected chi connectivity index (χ0v) is 8.61. The van der Waals surface area contributed by atoms with Crippen LogP contribution in [-0.4, -0.2) is 22.4 Å². The van der Waals surface area contributed by atoms with Gasteiger partial charge in [-0.15, -0.1) is 0 Å².